The van der Waals surface area contributed by atoms with Crippen LogP contribution >= 0.6 is 11.3 Å². The van der Waals surface area contributed by atoms with Gasteiger partial charge in [-0.25, -0.2) is 4.79 Å². The Kier molecular flexibility index (Phi) is 7.31. The maximum absolute atomic E-state index is 12.7. The number of alkyl halides is 9. The van der Waals surface area contributed by atoms with Crippen LogP contribution < -0.4 is 19.7 Å². The first-order valence-corrected chi connectivity index (χ1v) is 8.85. The summed E-state index contributed by atoms with van der Waals surface area (Å²) >= 11 is 0.215. The molecule has 0 spiro atoms. The number of amides is 2. The number of rotatable bonds is 6. The molecule has 2 aromatic rings. The molecule has 2 heterocycles. The Bertz CT molecular complexity index is 907. The molecule has 0 atom stereocenters. The Morgan fingerprint density at radius 2 is 1.47 bits per heavy atom. The quantitative estimate of drug-likeness (QED) is 0.561. The second-order valence-corrected chi connectivity index (χ2v) is 6.86. The molecule has 0 saturated carbocycles. The Balaban J connectivity index is 2.21. The van der Waals surface area contributed by atoms with Crippen LogP contribution in [0.5, 0.6) is 11.8 Å². The fourth-order valence-electron chi connectivity index (χ4n) is 1.86. The molecule has 0 bridgehead atoms. The minimum Gasteiger partial charge on any atom is -0.468 e. The predicted molar refractivity (Wildman–Crippen MR) is 91.9 cm³/mol. The second kappa shape index (κ2) is 9.25. The molecule has 17 heteroatoms. The van der Waals surface area contributed by atoms with Gasteiger partial charge in [0, 0.05) is 7.05 Å². The number of ether oxygens (including phenoxy) is 2. The van der Waals surface area contributed by atoms with Crippen LogP contribution in [0.4, 0.5) is 55.3 Å². The maximum Gasteiger partial charge on any atom is 0.425 e. The largest absolute Gasteiger partial charge is 0.468 e. The smallest absolute Gasteiger partial charge is 0.425 e. The van der Waals surface area contributed by atoms with Gasteiger partial charge in [-0.1, -0.05) is 0 Å². The molecule has 2 amide bonds. The van der Waals surface area contributed by atoms with Crippen LogP contribution in [0.2, 0.25) is 0 Å². The van der Waals surface area contributed by atoms with Crippen LogP contribution in [0, 0.1) is 0 Å². The van der Waals surface area contributed by atoms with Gasteiger partial charge in [-0.3, -0.25) is 10.2 Å². The molecule has 1 N–H and O–H groups in total. The predicted octanol–water partition coefficient (Wildman–Crippen LogP) is 5.11. The van der Waals surface area contributed by atoms with Crippen molar-refractivity contribution in [2.45, 2.75) is 18.5 Å². The van der Waals surface area contributed by atoms with Gasteiger partial charge in [0.1, 0.15) is 4.88 Å². The molecule has 0 radical (unpaired) electrons. The molecule has 0 aliphatic heterocycles. The number of nitrogens with zero attached hydrogens (tertiary/aromatic N) is 3. The standard InChI is InChI=1S/C15H11F9N4O3S/c1-28(10-3-2-7(32-10)15(22,23)24)12(29)27-11-25-8(30-5-13(16,17)18)4-9(26-11)31-6-14(19,20)21/h2-4H,5-6H2,1H3,(H,25,26,27,29). The van der Waals surface area contributed by atoms with Gasteiger partial charge < -0.3 is 9.47 Å². The lowest BCUT2D eigenvalue weighted by Gasteiger charge is -2.16. The highest BCUT2D eigenvalue weighted by molar-refractivity contribution is 7.16. The van der Waals surface area contributed by atoms with E-state index in [1.165, 1.54) is 0 Å². The number of carbonyl (C=O) groups is 1. The molecular formula is C15H11F9N4O3S. The molecule has 0 aliphatic carbocycles. The maximum atomic E-state index is 12.7. The van der Waals surface area contributed by atoms with E-state index in [9.17, 15) is 44.3 Å². The number of anilines is 2. The van der Waals surface area contributed by atoms with Crippen molar-refractivity contribution < 1.29 is 53.8 Å². The number of carbonyl (C=O) groups excluding carboxylic acids is 1. The summed E-state index contributed by atoms with van der Waals surface area (Å²) in [6.45, 7) is -3.71. The van der Waals surface area contributed by atoms with Crippen LogP contribution in [0.3, 0.4) is 0 Å². The second-order valence-electron chi connectivity index (χ2n) is 5.80. The van der Waals surface area contributed by atoms with Crippen molar-refractivity contribution in [3.05, 3.63) is 23.1 Å². The summed E-state index contributed by atoms with van der Waals surface area (Å²) in [5.74, 6) is -2.56. The Hall–Kier alpha value is -2.98. The van der Waals surface area contributed by atoms with E-state index in [2.05, 4.69) is 19.4 Å². The molecule has 0 fully saturated rings. The number of thiophene rings is 1. The number of nitrogens with one attached hydrogen (secondary N) is 1. The molecule has 0 aromatic carbocycles. The Morgan fingerprint density at radius 3 is 1.88 bits per heavy atom. The van der Waals surface area contributed by atoms with E-state index in [0.717, 1.165) is 19.2 Å². The van der Waals surface area contributed by atoms with Gasteiger partial charge in [0.25, 0.3) is 0 Å². The van der Waals surface area contributed by atoms with Gasteiger partial charge in [-0.2, -0.15) is 49.5 Å². The lowest BCUT2D eigenvalue weighted by molar-refractivity contribution is -0.154. The summed E-state index contributed by atoms with van der Waals surface area (Å²) in [5, 5.41) is 1.76. The molecular weight excluding hydrogens is 487 g/mol. The monoisotopic (exact) mass is 498 g/mol. The summed E-state index contributed by atoms with van der Waals surface area (Å²) in [5.41, 5.74) is 0. The van der Waals surface area contributed by atoms with E-state index in [1.54, 1.807) is 0 Å². The minimum atomic E-state index is -4.81. The van der Waals surface area contributed by atoms with Crippen molar-refractivity contribution in [1.82, 2.24) is 9.97 Å². The van der Waals surface area contributed by atoms with Crippen LogP contribution in [0.1, 0.15) is 4.88 Å². The van der Waals surface area contributed by atoms with Gasteiger partial charge in [0.15, 0.2) is 13.2 Å². The summed E-state index contributed by atoms with van der Waals surface area (Å²) in [4.78, 5) is 18.8. The number of hydrogen-bond donors (Lipinski definition) is 1. The van der Waals surface area contributed by atoms with Crippen molar-refractivity contribution in [3.8, 4) is 11.8 Å². The number of hydrogen-bond acceptors (Lipinski definition) is 6. The SMILES string of the molecule is CN(C(=O)Nc1nc(OCC(F)(F)F)cc(OCC(F)(F)F)n1)c1ccc(C(F)(F)F)s1. The molecule has 2 rings (SSSR count). The van der Waals surface area contributed by atoms with E-state index in [-0.39, 0.29) is 16.3 Å². The van der Waals surface area contributed by atoms with Crippen molar-refractivity contribution in [1.29, 1.82) is 0 Å². The summed E-state index contributed by atoms with van der Waals surface area (Å²) in [7, 11) is 1.06. The van der Waals surface area contributed by atoms with Crippen molar-refractivity contribution in [2.24, 2.45) is 0 Å². The number of aromatic nitrogens is 2. The normalized spacial score (nSPS) is 12.4. The van der Waals surface area contributed by atoms with Gasteiger partial charge in [-0.15, -0.1) is 11.3 Å². The van der Waals surface area contributed by atoms with Crippen LogP contribution in [-0.2, 0) is 6.18 Å². The lowest BCUT2D eigenvalue weighted by Crippen LogP contribution is -2.31. The van der Waals surface area contributed by atoms with E-state index >= 15 is 0 Å². The summed E-state index contributed by atoms with van der Waals surface area (Å²) in [6.07, 6.45) is -14.3. The van der Waals surface area contributed by atoms with Crippen molar-refractivity contribution in [3.63, 3.8) is 0 Å². The highest BCUT2D eigenvalue weighted by Crippen LogP contribution is 2.38. The van der Waals surface area contributed by atoms with Crippen molar-refractivity contribution in [2.75, 3.05) is 30.5 Å². The average molecular weight is 498 g/mol. The van der Waals surface area contributed by atoms with E-state index in [1.807, 2.05) is 5.32 Å². The third-order valence-corrected chi connectivity index (χ3v) is 4.38. The van der Waals surface area contributed by atoms with Crippen LogP contribution in [0.25, 0.3) is 0 Å². The Labute approximate surface area is 176 Å². The zero-order valence-electron chi connectivity index (χ0n) is 15.5. The molecule has 2 aromatic heterocycles. The zero-order chi connectivity index (χ0) is 24.3. The van der Waals surface area contributed by atoms with E-state index in [4.69, 9.17) is 0 Å². The average Bonchev–Trinajstić information content (AvgIpc) is 3.13. The molecule has 32 heavy (non-hydrogen) atoms. The minimum absolute atomic E-state index is 0.173. The highest BCUT2D eigenvalue weighted by atomic mass is 32.1. The van der Waals surface area contributed by atoms with E-state index in [0.29, 0.717) is 11.0 Å². The molecule has 0 unspecified atom stereocenters. The third-order valence-electron chi connectivity index (χ3n) is 3.17. The van der Waals surface area contributed by atoms with Gasteiger partial charge in [-0.05, 0) is 12.1 Å². The summed E-state index contributed by atoms with van der Waals surface area (Å²) in [6, 6.07) is 1.09. The lowest BCUT2D eigenvalue weighted by atomic mass is 10.4. The highest BCUT2D eigenvalue weighted by Gasteiger charge is 2.33. The number of urea groups is 1. The first kappa shape index (κ1) is 25.3. The fourth-order valence-corrected chi connectivity index (χ4v) is 2.69. The first-order chi connectivity index (χ1) is 14.5. The fraction of sp³-hybridized carbons (Fsp3) is 0.400. The van der Waals surface area contributed by atoms with E-state index < -0.39 is 60.4 Å². The van der Waals surface area contributed by atoms with Gasteiger partial charge in [0.2, 0.25) is 17.7 Å². The zero-order valence-corrected chi connectivity index (χ0v) is 16.3. The van der Waals surface area contributed by atoms with Gasteiger partial charge >= 0.3 is 24.6 Å². The van der Waals surface area contributed by atoms with Crippen LogP contribution in [-0.4, -0.2) is 48.6 Å². The summed E-state index contributed by atoms with van der Waals surface area (Å²) < 4.78 is 121. The van der Waals surface area contributed by atoms with Gasteiger partial charge in [0.05, 0.1) is 11.1 Å². The molecule has 0 saturated heterocycles. The number of halogens is 9. The Morgan fingerprint density at radius 1 is 0.969 bits per heavy atom. The molecule has 178 valence electrons. The van der Waals surface area contributed by atoms with Crippen molar-refractivity contribution >= 4 is 28.3 Å². The topological polar surface area (TPSA) is 76.6 Å². The third kappa shape index (κ3) is 7.93. The molecule has 7 nitrogen and oxygen atoms in total. The molecule has 0 aliphatic rings. The first-order valence-electron chi connectivity index (χ1n) is 8.03. The van der Waals surface area contributed by atoms with Crippen LogP contribution in [0.15, 0.2) is 18.2 Å².